The zero-order valence-corrected chi connectivity index (χ0v) is 20.8. The van der Waals surface area contributed by atoms with Gasteiger partial charge in [-0.25, -0.2) is 0 Å². The predicted molar refractivity (Wildman–Crippen MR) is 141 cm³/mol. The second-order valence-electron chi connectivity index (χ2n) is 9.95. The molecule has 0 bridgehead atoms. The van der Waals surface area contributed by atoms with Crippen molar-refractivity contribution in [3.05, 3.63) is 119 Å². The lowest BCUT2D eigenvalue weighted by molar-refractivity contribution is -0.118. The molecule has 6 nitrogen and oxygen atoms in total. The second kappa shape index (κ2) is 11.8. The van der Waals surface area contributed by atoms with Gasteiger partial charge in [0.15, 0.2) is 0 Å². The normalized spacial score (nSPS) is 16.3. The summed E-state index contributed by atoms with van der Waals surface area (Å²) in [6.07, 6.45) is 4.36. The summed E-state index contributed by atoms with van der Waals surface area (Å²) in [6.45, 7) is 0. The summed E-state index contributed by atoms with van der Waals surface area (Å²) in [6, 6.07) is 27.4. The van der Waals surface area contributed by atoms with E-state index in [-0.39, 0.29) is 11.6 Å². The first-order valence-corrected chi connectivity index (χ1v) is 12.8. The average Bonchev–Trinajstić information content (AvgIpc) is 3.64. The first-order chi connectivity index (χ1) is 18.1. The van der Waals surface area contributed by atoms with Crippen LogP contribution in [0, 0.1) is 11.8 Å². The van der Waals surface area contributed by atoms with Crippen LogP contribution in [-0.2, 0) is 48.1 Å². The Morgan fingerprint density at radius 3 is 1.27 bits per heavy atom. The molecule has 4 aromatic rings. The Morgan fingerprint density at radius 2 is 0.892 bits per heavy atom. The van der Waals surface area contributed by atoms with Crippen molar-refractivity contribution >= 4 is 11.6 Å². The Morgan fingerprint density at radius 1 is 0.514 bits per heavy atom. The van der Waals surface area contributed by atoms with Gasteiger partial charge in [0.2, 0.25) is 0 Å². The largest absolute Gasteiger partial charge is 0.299 e. The molecule has 0 aliphatic heterocycles. The molecule has 0 radical (unpaired) electrons. The molecule has 1 saturated carbocycles. The lowest BCUT2D eigenvalue weighted by atomic mass is 10.1. The molecule has 1 aliphatic rings. The smallest absolute Gasteiger partial charge is 0.143 e. The van der Waals surface area contributed by atoms with E-state index >= 15 is 0 Å². The van der Waals surface area contributed by atoms with Gasteiger partial charge in [-0.1, -0.05) is 60.7 Å². The molecule has 0 N–H and O–H groups in total. The summed E-state index contributed by atoms with van der Waals surface area (Å²) in [5.74, 6) is 1.41. The number of carbonyl (C=O) groups is 2. The van der Waals surface area contributed by atoms with E-state index in [0.29, 0.717) is 37.5 Å². The number of hydrogen-bond donors (Lipinski definition) is 0. The number of Topliss-reactive ketones (excluding diaryl/α,β-unsaturated/α-hetero) is 2. The first-order valence-electron chi connectivity index (χ1n) is 12.8. The van der Waals surface area contributed by atoms with Crippen molar-refractivity contribution in [2.45, 2.75) is 44.9 Å². The topological polar surface area (TPSA) is 85.7 Å². The standard InChI is InChI=1S/C31H30N4O2/c36-30(15-22-7-3-1-4-8-22)20-28-13-11-26(32-34-28)18-24-17-25(24)19-27-12-14-29(35-33-27)21-31(37)16-23-9-5-2-6-10-23/h1-14,24-25H,15-21H2/t24-,25-/m1/s1. The summed E-state index contributed by atoms with van der Waals surface area (Å²) >= 11 is 0. The minimum absolute atomic E-state index is 0.142. The van der Waals surface area contributed by atoms with E-state index in [1.54, 1.807) is 0 Å². The van der Waals surface area contributed by atoms with Crippen molar-refractivity contribution in [3.63, 3.8) is 0 Å². The van der Waals surface area contributed by atoms with Crippen molar-refractivity contribution < 1.29 is 9.59 Å². The van der Waals surface area contributed by atoms with Crippen molar-refractivity contribution in [1.29, 1.82) is 0 Å². The fourth-order valence-corrected chi connectivity index (χ4v) is 4.70. The van der Waals surface area contributed by atoms with Gasteiger partial charge < -0.3 is 0 Å². The third-order valence-electron chi connectivity index (χ3n) is 6.81. The Bertz CT molecular complexity index is 1220. The number of ketones is 2. The van der Waals surface area contributed by atoms with Crippen LogP contribution in [0.1, 0.15) is 40.3 Å². The zero-order chi connectivity index (χ0) is 25.5. The van der Waals surface area contributed by atoms with Gasteiger partial charge in [-0.3, -0.25) is 9.59 Å². The predicted octanol–water partition coefficient (Wildman–Crippen LogP) is 4.40. The molecule has 0 spiro atoms. The highest BCUT2D eigenvalue weighted by Crippen LogP contribution is 2.42. The molecule has 2 atom stereocenters. The lowest BCUT2D eigenvalue weighted by Gasteiger charge is -2.04. The van der Waals surface area contributed by atoms with Gasteiger partial charge in [0.25, 0.3) is 0 Å². The van der Waals surface area contributed by atoms with Crippen LogP contribution >= 0.6 is 0 Å². The van der Waals surface area contributed by atoms with Crippen LogP contribution in [0.25, 0.3) is 0 Å². The Balaban J connectivity index is 1.04. The third-order valence-corrected chi connectivity index (χ3v) is 6.81. The van der Waals surface area contributed by atoms with Gasteiger partial charge in [0.05, 0.1) is 35.6 Å². The number of carbonyl (C=O) groups excluding carboxylic acids is 2. The van der Waals surface area contributed by atoms with Crippen LogP contribution < -0.4 is 0 Å². The van der Waals surface area contributed by atoms with Gasteiger partial charge in [0, 0.05) is 12.8 Å². The molecule has 2 heterocycles. The number of benzene rings is 2. The van der Waals surface area contributed by atoms with E-state index in [4.69, 9.17) is 0 Å². The minimum Gasteiger partial charge on any atom is -0.299 e. The van der Waals surface area contributed by atoms with Crippen LogP contribution in [0.4, 0.5) is 0 Å². The minimum atomic E-state index is 0.142. The van der Waals surface area contributed by atoms with E-state index in [1.807, 2.05) is 84.9 Å². The molecule has 5 rings (SSSR count). The van der Waals surface area contributed by atoms with Crippen LogP contribution in [0.2, 0.25) is 0 Å². The third kappa shape index (κ3) is 7.46. The molecule has 0 unspecified atom stereocenters. The lowest BCUT2D eigenvalue weighted by Crippen LogP contribution is -2.09. The first kappa shape index (κ1) is 24.6. The molecule has 2 aromatic carbocycles. The molecular formula is C31H30N4O2. The van der Waals surface area contributed by atoms with Crippen molar-refractivity contribution in [1.82, 2.24) is 20.4 Å². The Labute approximate surface area is 217 Å². The van der Waals surface area contributed by atoms with Crippen LogP contribution in [0.3, 0.4) is 0 Å². The highest BCUT2D eigenvalue weighted by atomic mass is 16.1. The fourth-order valence-electron chi connectivity index (χ4n) is 4.70. The van der Waals surface area contributed by atoms with Crippen molar-refractivity contribution in [2.75, 3.05) is 0 Å². The summed E-state index contributed by atoms with van der Waals surface area (Å²) in [7, 11) is 0. The van der Waals surface area contributed by atoms with Crippen LogP contribution in [0.15, 0.2) is 84.9 Å². The maximum atomic E-state index is 12.3. The summed E-state index contributed by atoms with van der Waals surface area (Å²) in [4.78, 5) is 24.6. The second-order valence-corrected chi connectivity index (χ2v) is 9.95. The molecule has 186 valence electrons. The SMILES string of the molecule is O=C(Cc1ccccc1)Cc1ccc(C[C@H]2C[C@@H]2Cc2ccc(CC(=O)Cc3ccccc3)nn2)nn1. The maximum absolute atomic E-state index is 12.3. The van der Waals surface area contributed by atoms with Gasteiger partial charge >= 0.3 is 0 Å². The summed E-state index contributed by atoms with van der Waals surface area (Å²) < 4.78 is 0. The molecule has 6 heteroatoms. The van der Waals surface area contributed by atoms with E-state index in [2.05, 4.69) is 20.4 Å². The molecule has 0 saturated heterocycles. The van der Waals surface area contributed by atoms with Gasteiger partial charge in [0.1, 0.15) is 11.6 Å². The molecular weight excluding hydrogens is 460 g/mol. The molecule has 0 amide bonds. The fraction of sp³-hybridized carbons (Fsp3) is 0.290. The van der Waals surface area contributed by atoms with E-state index in [9.17, 15) is 9.59 Å². The quantitative estimate of drug-likeness (QED) is 0.293. The molecule has 2 aromatic heterocycles. The Hall–Kier alpha value is -4.06. The highest BCUT2D eigenvalue weighted by molar-refractivity contribution is 5.83. The number of rotatable bonds is 12. The monoisotopic (exact) mass is 490 g/mol. The maximum Gasteiger partial charge on any atom is 0.143 e. The van der Waals surface area contributed by atoms with Gasteiger partial charge in [-0.05, 0) is 66.5 Å². The number of aromatic nitrogens is 4. The summed E-state index contributed by atoms with van der Waals surface area (Å²) in [5.41, 5.74) is 5.40. The van der Waals surface area contributed by atoms with E-state index in [0.717, 1.165) is 53.2 Å². The van der Waals surface area contributed by atoms with Gasteiger partial charge in [-0.2, -0.15) is 20.4 Å². The van der Waals surface area contributed by atoms with E-state index in [1.165, 1.54) is 0 Å². The van der Waals surface area contributed by atoms with Crippen LogP contribution in [-0.4, -0.2) is 32.0 Å². The molecule has 1 aliphatic carbocycles. The number of hydrogen-bond acceptors (Lipinski definition) is 6. The zero-order valence-electron chi connectivity index (χ0n) is 20.8. The van der Waals surface area contributed by atoms with Gasteiger partial charge in [-0.15, -0.1) is 0 Å². The molecule has 37 heavy (non-hydrogen) atoms. The Kier molecular flexibility index (Phi) is 7.84. The molecule has 1 fully saturated rings. The number of nitrogens with zero attached hydrogens (tertiary/aromatic N) is 4. The van der Waals surface area contributed by atoms with Crippen molar-refractivity contribution in [3.8, 4) is 0 Å². The van der Waals surface area contributed by atoms with E-state index < -0.39 is 0 Å². The highest BCUT2D eigenvalue weighted by Gasteiger charge is 2.37. The summed E-state index contributed by atoms with van der Waals surface area (Å²) in [5, 5.41) is 17.3. The average molecular weight is 491 g/mol. The van der Waals surface area contributed by atoms with Crippen molar-refractivity contribution in [2.24, 2.45) is 11.8 Å². The van der Waals surface area contributed by atoms with Crippen LogP contribution in [0.5, 0.6) is 0 Å².